The Morgan fingerprint density at radius 1 is 0.263 bits per heavy atom. The highest BCUT2D eigenvalue weighted by Gasteiger charge is 2.25. The molecule has 12 aromatic rings. The second kappa shape index (κ2) is 19.4. The molecule has 0 fully saturated rings. The van der Waals surface area contributed by atoms with Crippen LogP contribution in [0.1, 0.15) is 50.1 Å². The Kier molecular flexibility index (Phi) is 11.7. The molecule has 0 N–H and O–H groups in total. The maximum Gasteiger partial charge on any atom is 0.104 e. The summed E-state index contributed by atoms with van der Waals surface area (Å²) in [5.74, 6) is 0. The minimum atomic E-state index is 0.242. The number of pyridine rings is 1. The maximum atomic E-state index is 12.0. The van der Waals surface area contributed by atoms with Crippen molar-refractivity contribution in [3.8, 4) is 122 Å². The molecule has 0 bridgehead atoms. The third kappa shape index (κ3) is 7.82. The van der Waals surface area contributed by atoms with Crippen LogP contribution in [0.3, 0.4) is 0 Å². The molecular formula is C68H30N12. The van der Waals surface area contributed by atoms with Gasteiger partial charge < -0.3 is 9.13 Å². The summed E-state index contributed by atoms with van der Waals surface area (Å²) < 4.78 is 4.04. The molecule has 80 heavy (non-hydrogen) atoms. The van der Waals surface area contributed by atoms with E-state index >= 15 is 0 Å². The van der Waals surface area contributed by atoms with Crippen LogP contribution in [-0.2, 0) is 0 Å². The summed E-state index contributed by atoms with van der Waals surface area (Å²) in [4.78, 5) is 4.34. The quantitative estimate of drug-likeness (QED) is 0.146. The summed E-state index contributed by atoms with van der Waals surface area (Å²) in [6.45, 7) is 0. The van der Waals surface area contributed by atoms with E-state index in [1.165, 1.54) is 0 Å². The standard InChI is InChI=1S/C68H30N12/c69-31-40-1-9-54(50(21-40)35-73)45-5-13-58-59-14-6-46(55-10-2-41(32-70)22-51(55)36-74)26-64(59)79(63(58)25-45)67-29-49(44-17-19-78-20-18-44)30-68(62(67)39-77)80-65-27-47(56-11-3-42(33-71)23-52(56)37-75)7-15-60(65)61-16-8-48(28-66(61)80)57-12-4-43(34-72)24-53(57)38-76/h1-30H. The van der Waals surface area contributed by atoms with Gasteiger partial charge in [0.25, 0.3) is 0 Å². The van der Waals surface area contributed by atoms with Crippen LogP contribution in [0.5, 0.6) is 0 Å². The molecule has 0 saturated carbocycles. The van der Waals surface area contributed by atoms with Gasteiger partial charge in [0.1, 0.15) is 11.6 Å². The molecule has 0 radical (unpaired) electrons. The third-order valence-electron chi connectivity index (χ3n) is 14.6. The van der Waals surface area contributed by atoms with E-state index in [0.717, 1.165) is 27.1 Å². The zero-order valence-corrected chi connectivity index (χ0v) is 41.7. The van der Waals surface area contributed by atoms with E-state index in [1.807, 2.05) is 106 Å². The van der Waals surface area contributed by atoms with Crippen molar-refractivity contribution in [2.45, 2.75) is 0 Å². The van der Waals surface area contributed by atoms with Crippen LogP contribution in [0, 0.1) is 102 Å². The summed E-state index contributed by atoms with van der Waals surface area (Å²) in [5.41, 5.74) is 12.9. The second-order valence-corrected chi connectivity index (χ2v) is 18.8. The number of nitriles is 9. The van der Waals surface area contributed by atoms with Crippen LogP contribution in [0.2, 0.25) is 0 Å². The van der Waals surface area contributed by atoms with Gasteiger partial charge in [-0.3, -0.25) is 4.98 Å². The third-order valence-corrected chi connectivity index (χ3v) is 14.6. The molecule has 12 heteroatoms. The Morgan fingerprint density at radius 3 is 0.825 bits per heavy atom. The SMILES string of the molecule is N#Cc1ccc(-c2ccc3c4ccc(-c5ccc(C#N)cc5C#N)cc4n(-c4cc(-c5ccncc5)cc(-n5c6cc(-c7ccc(C#N)cc7C#N)ccc6c6ccc(-c7ccc(C#N)cc7C#N)cc65)c4C#N)c3c2)c(C#N)c1. The minimum absolute atomic E-state index is 0.242. The minimum Gasteiger partial charge on any atom is -0.308 e. The largest absolute Gasteiger partial charge is 0.308 e. The lowest BCUT2D eigenvalue weighted by Gasteiger charge is -2.19. The molecule has 0 aliphatic heterocycles. The summed E-state index contributed by atoms with van der Waals surface area (Å²) in [6.07, 6.45) is 3.38. The van der Waals surface area contributed by atoms with Crippen molar-refractivity contribution >= 4 is 43.6 Å². The number of benzene rings is 9. The summed E-state index contributed by atoms with van der Waals surface area (Å²) in [7, 11) is 0. The smallest absolute Gasteiger partial charge is 0.104 e. The first kappa shape index (κ1) is 48.1. The molecule has 12 nitrogen and oxygen atoms in total. The van der Waals surface area contributed by atoms with Gasteiger partial charge in [-0.25, -0.2) is 0 Å². The predicted molar refractivity (Wildman–Crippen MR) is 303 cm³/mol. The number of fused-ring (bicyclic) bond motifs is 6. The van der Waals surface area contributed by atoms with Crippen LogP contribution in [-0.4, -0.2) is 14.1 Å². The van der Waals surface area contributed by atoms with Gasteiger partial charge in [-0.1, -0.05) is 72.8 Å². The highest BCUT2D eigenvalue weighted by atomic mass is 15.0. The van der Waals surface area contributed by atoms with Gasteiger partial charge in [0, 0.05) is 33.9 Å². The zero-order valence-electron chi connectivity index (χ0n) is 41.7. The molecule has 0 unspecified atom stereocenters. The number of hydrogen-bond acceptors (Lipinski definition) is 10. The number of rotatable bonds is 7. The van der Waals surface area contributed by atoms with E-state index in [9.17, 15) is 47.4 Å². The summed E-state index contributed by atoms with van der Waals surface area (Å²) in [6, 6.07) is 71.2. The molecule has 0 aliphatic carbocycles. The van der Waals surface area contributed by atoms with Gasteiger partial charge in [-0.15, -0.1) is 0 Å². The number of nitrogens with zero attached hydrogens (tertiary/aromatic N) is 12. The van der Waals surface area contributed by atoms with Crippen molar-refractivity contribution in [2.75, 3.05) is 0 Å². The predicted octanol–water partition coefficient (Wildman–Crippen LogP) is 14.5. The lowest BCUT2D eigenvalue weighted by Crippen LogP contribution is -2.05. The van der Waals surface area contributed by atoms with Gasteiger partial charge in [-0.2, -0.15) is 47.4 Å². The Balaban J connectivity index is 1.24. The highest BCUT2D eigenvalue weighted by molar-refractivity contribution is 6.13. The molecule has 0 aliphatic rings. The van der Waals surface area contributed by atoms with Gasteiger partial charge in [0.05, 0.1) is 127 Å². The van der Waals surface area contributed by atoms with E-state index in [0.29, 0.717) is 128 Å². The van der Waals surface area contributed by atoms with Crippen molar-refractivity contribution in [1.29, 1.82) is 47.4 Å². The van der Waals surface area contributed by atoms with Crippen molar-refractivity contribution in [3.63, 3.8) is 0 Å². The Bertz CT molecular complexity index is 4570. The first-order valence-corrected chi connectivity index (χ1v) is 24.7. The number of hydrogen-bond donors (Lipinski definition) is 0. The van der Waals surface area contributed by atoms with Gasteiger partial charge in [0.15, 0.2) is 0 Å². The fourth-order valence-corrected chi connectivity index (χ4v) is 10.8. The fraction of sp³-hybridized carbons (Fsp3) is 0. The van der Waals surface area contributed by atoms with Gasteiger partial charge in [0.2, 0.25) is 0 Å². The molecular weight excluding hydrogens is 985 g/mol. The van der Waals surface area contributed by atoms with Crippen LogP contribution in [0.15, 0.2) is 182 Å². The average molecular weight is 1020 g/mol. The highest BCUT2D eigenvalue weighted by Crippen LogP contribution is 2.44. The van der Waals surface area contributed by atoms with Crippen LogP contribution in [0.4, 0.5) is 0 Å². The van der Waals surface area contributed by atoms with E-state index in [2.05, 4.69) is 59.6 Å². The van der Waals surface area contributed by atoms with Gasteiger partial charge in [-0.05, 0) is 153 Å². The van der Waals surface area contributed by atoms with Crippen molar-refractivity contribution in [1.82, 2.24) is 14.1 Å². The lowest BCUT2D eigenvalue weighted by molar-refractivity contribution is 1.12. The van der Waals surface area contributed by atoms with E-state index < -0.39 is 0 Å². The Labute approximate surface area is 456 Å². The van der Waals surface area contributed by atoms with E-state index in [4.69, 9.17) is 0 Å². The molecule has 0 spiro atoms. The topological polar surface area (TPSA) is 237 Å². The normalized spacial score (nSPS) is 10.6. The Morgan fingerprint density at radius 2 is 0.562 bits per heavy atom. The van der Waals surface area contributed by atoms with Crippen LogP contribution < -0.4 is 0 Å². The molecule has 362 valence electrons. The lowest BCUT2D eigenvalue weighted by atomic mass is 9.96. The average Bonchev–Trinajstić information content (AvgIpc) is 4.12. The van der Waals surface area contributed by atoms with Crippen LogP contribution in [0.25, 0.3) is 111 Å². The Hall–Kier alpha value is -12.9. The van der Waals surface area contributed by atoms with E-state index in [1.54, 1.807) is 85.2 Å². The van der Waals surface area contributed by atoms with Crippen LogP contribution >= 0.6 is 0 Å². The molecule has 12 rings (SSSR count). The van der Waals surface area contributed by atoms with Crippen molar-refractivity contribution < 1.29 is 0 Å². The zero-order chi connectivity index (χ0) is 55.2. The first-order chi connectivity index (χ1) is 39.2. The van der Waals surface area contributed by atoms with Crippen molar-refractivity contribution in [3.05, 3.63) is 232 Å². The molecule has 0 amide bonds. The number of aromatic nitrogens is 3. The monoisotopic (exact) mass is 1010 g/mol. The first-order valence-electron chi connectivity index (χ1n) is 24.7. The molecule has 9 aromatic carbocycles. The second-order valence-electron chi connectivity index (χ2n) is 18.8. The van der Waals surface area contributed by atoms with E-state index in [-0.39, 0.29) is 5.56 Å². The molecule has 3 aromatic heterocycles. The fourth-order valence-electron chi connectivity index (χ4n) is 10.8. The molecule has 0 saturated heterocycles. The maximum absolute atomic E-state index is 12.0. The summed E-state index contributed by atoms with van der Waals surface area (Å²) in [5, 5.41) is 96.0. The molecule has 3 heterocycles. The van der Waals surface area contributed by atoms with Gasteiger partial charge >= 0.3 is 0 Å². The summed E-state index contributed by atoms with van der Waals surface area (Å²) >= 11 is 0. The van der Waals surface area contributed by atoms with Crippen molar-refractivity contribution in [2.24, 2.45) is 0 Å². The molecule has 0 atom stereocenters.